The van der Waals surface area contributed by atoms with Crippen molar-refractivity contribution in [1.29, 1.82) is 0 Å². The summed E-state index contributed by atoms with van der Waals surface area (Å²) in [4.78, 5) is 13.0. The van der Waals surface area contributed by atoms with Gasteiger partial charge in [0.2, 0.25) is 5.95 Å². The first-order valence-electron chi connectivity index (χ1n) is 5.89. The summed E-state index contributed by atoms with van der Waals surface area (Å²) in [6, 6.07) is 1.71. The Hall–Kier alpha value is -0.880. The minimum atomic E-state index is 0.495. The quantitative estimate of drug-likeness (QED) is 0.851. The standard InChI is InChI=1S/C11H18BrN5/c1-16(6-7-17-4-2-3-5-17)11-14-9(12)8-10(13)15-11/h8H,2-7H2,1H3,(H2,13,14,15). The predicted molar refractivity (Wildman–Crippen MR) is 73.1 cm³/mol. The number of hydrogen-bond donors (Lipinski definition) is 1. The lowest BCUT2D eigenvalue weighted by molar-refractivity contribution is 0.346. The molecule has 2 heterocycles. The second-order valence-corrected chi connectivity index (χ2v) is 5.20. The van der Waals surface area contributed by atoms with E-state index in [1.54, 1.807) is 6.07 Å². The number of halogens is 1. The van der Waals surface area contributed by atoms with E-state index in [-0.39, 0.29) is 0 Å². The molecule has 0 aliphatic carbocycles. The van der Waals surface area contributed by atoms with E-state index in [0.717, 1.165) is 17.7 Å². The Bertz CT molecular complexity index is 358. The minimum Gasteiger partial charge on any atom is -0.383 e. The van der Waals surface area contributed by atoms with Gasteiger partial charge in [-0.2, -0.15) is 4.98 Å². The van der Waals surface area contributed by atoms with Crippen molar-refractivity contribution in [1.82, 2.24) is 14.9 Å². The van der Waals surface area contributed by atoms with Crippen LogP contribution in [0.3, 0.4) is 0 Å². The van der Waals surface area contributed by atoms with Crippen molar-refractivity contribution in [3.05, 3.63) is 10.7 Å². The molecule has 1 aliphatic rings. The number of anilines is 2. The molecule has 1 aliphatic heterocycles. The molecule has 0 saturated carbocycles. The van der Waals surface area contributed by atoms with Crippen LogP contribution < -0.4 is 10.6 Å². The molecule has 0 spiro atoms. The van der Waals surface area contributed by atoms with Gasteiger partial charge in [-0.15, -0.1) is 0 Å². The number of aromatic nitrogens is 2. The molecule has 1 saturated heterocycles. The second kappa shape index (κ2) is 5.64. The zero-order chi connectivity index (χ0) is 12.3. The molecule has 0 atom stereocenters. The van der Waals surface area contributed by atoms with Crippen molar-refractivity contribution in [2.45, 2.75) is 12.8 Å². The van der Waals surface area contributed by atoms with Crippen molar-refractivity contribution in [2.24, 2.45) is 0 Å². The normalized spacial score (nSPS) is 16.4. The van der Waals surface area contributed by atoms with Crippen LogP contribution in [0.5, 0.6) is 0 Å². The fraction of sp³-hybridized carbons (Fsp3) is 0.636. The van der Waals surface area contributed by atoms with Gasteiger partial charge in [-0.3, -0.25) is 0 Å². The Morgan fingerprint density at radius 2 is 2.12 bits per heavy atom. The van der Waals surface area contributed by atoms with Gasteiger partial charge in [0, 0.05) is 26.2 Å². The lowest BCUT2D eigenvalue weighted by atomic mass is 10.4. The molecular weight excluding hydrogens is 282 g/mol. The summed E-state index contributed by atoms with van der Waals surface area (Å²) in [6.45, 7) is 4.42. The van der Waals surface area contributed by atoms with Crippen LogP contribution in [0, 0.1) is 0 Å². The van der Waals surface area contributed by atoms with E-state index in [2.05, 4.69) is 30.8 Å². The fourth-order valence-electron chi connectivity index (χ4n) is 1.99. The van der Waals surface area contributed by atoms with E-state index >= 15 is 0 Å². The van der Waals surface area contributed by atoms with Crippen molar-refractivity contribution in [3.63, 3.8) is 0 Å². The number of hydrogen-bond acceptors (Lipinski definition) is 5. The highest BCUT2D eigenvalue weighted by molar-refractivity contribution is 9.10. The van der Waals surface area contributed by atoms with Crippen LogP contribution in [-0.4, -0.2) is 48.1 Å². The van der Waals surface area contributed by atoms with Crippen LogP contribution in [0.2, 0.25) is 0 Å². The van der Waals surface area contributed by atoms with Crippen LogP contribution >= 0.6 is 15.9 Å². The van der Waals surface area contributed by atoms with Gasteiger partial charge >= 0.3 is 0 Å². The van der Waals surface area contributed by atoms with E-state index in [1.165, 1.54) is 25.9 Å². The Kier molecular flexibility index (Phi) is 4.17. The Morgan fingerprint density at radius 3 is 2.76 bits per heavy atom. The summed E-state index contributed by atoms with van der Waals surface area (Å²) in [5.41, 5.74) is 5.70. The van der Waals surface area contributed by atoms with Gasteiger partial charge in [0.15, 0.2) is 0 Å². The number of nitrogen functional groups attached to an aromatic ring is 1. The van der Waals surface area contributed by atoms with E-state index in [9.17, 15) is 0 Å². The first-order valence-corrected chi connectivity index (χ1v) is 6.68. The smallest absolute Gasteiger partial charge is 0.228 e. The molecule has 1 aromatic heterocycles. The van der Waals surface area contributed by atoms with E-state index in [1.807, 2.05) is 11.9 Å². The highest BCUT2D eigenvalue weighted by atomic mass is 79.9. The van der Waals surface area contributed by atoms with Gasteiger partial charge in [0.05, 0.1) is 0 Å². The third-order valence-electron chi connectivity index (χ3n) is 2.99. The third kappa shape index (κ3) is 3.54. The number of likely N-dealkylation sites (tertiary alicyclic amines) is 1. The van der Waals surface area contributed by atoms with Crippen LogP contribution in [0.1, 0.15) is 12.8 Å². The molecule has 0 bridgehead atoms. The first kappa shape index (κ1) is 12.6. The van der Waals surface area contributed by atoms with Crippen LogP contribution in [0.25, 0.3) is 0 Å². The first-order chi connectivity index (χ1) is 8.15. The average Bonchev–Trinajstić information content (AvgIpc) is 2.77. The van der Waals surface area contributed by atoms with E-state index in [0.29, 0.717) is 11.8 Å². The maximum Gasteiger partial charge on any atom is 0.228 e. The summed E-state index contributed by atoms with van der Waals surface area (Å²) in [5, 5.41) is 0. The largest absolute Gasteiger partial charge is 0.383 e. The van der Waals surface area contributed by atoms with Crippen LogP contribution in [0.4, 0.5) is 11.8 Å². The Balaban J connectivity index is 1.91. The van der Waals surface area contributed by atoms with Gasteiger partial charge < -0.3 is 15.5 Å². The summed E-state index contributed by atoms with van der Waals surface area (Å²) in [5.74, 6) is 1.17. The molecule has 5 nitrogen and oxygen atoms in total. The molecule has 0 radical (unpaired) electrons. The molecule has 17 heavy (non-hydrogen) atoms. The predicted octanol–water partition coefficient (Wildman–Crippen LogP) is 1.35. The monoisotopic (exact) mass is 299 g/mol. The Labute approximate surface area is 110 Å². The molecule has 0 unspecified atom stereocenters. The zero-order valence-electron chi connectivity index (χ0n) is 10.1. The lowest BCUT2D eigenvalue weighted by Gasteiger charge is -2.21. The van der Waals surface area contributed by atoms with Crippen LogP contribution in [-0.2, 0) is 0 Å². The van der Waals surface area contributed by atoms with Crippen molar-refractivity contribution in [2.75, 3.05) is 43.9 Å². The summed E-state index contributed by atoms with van der Waals surface area (Å²) in [6.07, 6.45) is 2.65. The van der Waals surface area contributed by atoms with Crippen molar-refractivity contribution in [3.8, 4) is 0 Å². The molecule has 2 N–H and O–H groups in total. The second-order valence-electron chi connectivity index (χ2n) is 4.39. The van der Waals surface area contributed by atoms with E-state index in [4.69, 9.17) is 5.73 Å². The highest BCUT2D eigenvalue weighted by Crippen LogP contribution is 2.15. The number of nitrogens with zero attached hydrogens (tertiary/aromatic N) is 4. The molecule has 2 rings (SSSR count). The molecule has 1 aromatic rings. The SMILES string of the molecule is CN(CCN1CCCC1)c1nc(N)cc(Br)n1. The molecule has 1 fully saturated rings. The topological polar surface area (TPSA) is 58.3 Å². The molecule has 6 heteroatoms. The number of nitrogens with two attached hydrogens (primary N) is 1. The van der Waals surface area contributed by atoms with Gasteiger partial charge in [-0.1, -0.05) is 0 Å². The lowest BCUT2D eigenvalue weighted by Crippen LogP contribution is -2.32. The van der Waals surface area contributed by atoms with Crippen molar-refractivity contribution < 1.29 is 0 Å². The number of rotatable bonds is 4. The zero-order valence-corrected chi connectivity index (χ0v) is 11.7. The molecule has 94 valence electrons. The average molecular weight is 300 g/mol. The molecule has 0 aromatic carbocycles. The fourth-order valence-corrected chi connectivity index (χ4v) is 2.38. The van der Waals surface area contributed by atoms with E-state index < -0.39 is 0 Å². The van der Waals surface area contributed by atoms with Gasteiger partial charge in [0.1, 0.15) is 10.4 Å². The molecule has 0 amide bonds. The maximum atomic E-state index is 5.70. The Morgan fingerprint density at radius 1 is 1.41 bits per heavy atom. The van der Waals surface area contributed by atoms with Gasteiger partial charge in [0.25, 0.3) is 0 Å². The van der Waals surface area contributed by atoms with Crippen LogP contribution in [0.15, 0.2) is 10.7 Å². The van der Waals surface area contributed by atoms with Crippen molar-refractivity contribution >= 4 is 27.7 Å². The highest BCUT2D eigenvalue weighted by Gasteiger charge is 2.13. The summed E-state index contributed by atoms with van der Waals surface area (Å²) in [7, 11) is 2.00. The molecular formula is C11H18BrN5. The maximum absolute atomic E-state index is 5.70. The summed E-state index contributed by atoms with van der Waals surface area (Å²) >= 11 is 3.33. The minimum absolute atomic E-state index is 0.495. The number of likely N-dealkylation sites (N-methyl/N-ethyl adjacent to an activating group) is 1. The van der Waals surface area contributed by atoms with Gasteiger partial charge in [-0.05, 0) is 41.9 Å². The third-order valence-corrected chi connectivity index (χ3v) is 3.40. The summed E-state index contributed by atoms with van der Waals surface area (Å²) < 4.78 is 0.730. The van der Waals surface area contributed by atoms with Gasteiger partial charge in [-0.25, -0.2) is 4.98 Å².